The molecule has 0 rings (SSSR count). The van der Waals surface area contributed by atoms with Crippen LogP contribution in [-0.4, -0.2) is 51.3 Å². The van der Waals surface area contributed by atoms with E-state index < -0.39 is 0 Å². The van der Waals surface area contributed by atoms with Crippen LogP contribution in [0, 0.1) is 0 Å². The van der Waals surface area contributed by atoms with Gasteiger partial charge in [0, 0.05) is 26.2 Å². The van der Waals surface area contributed by atoms with Crippen molar-refractivity contribution in [3.63, 3.8) is 0 Å². The number of nitrogens with zero attached hydrogens (tertiary/aromatic N) is 1. The zero-order valence-corrected chi connectivity index (χ0v) is 10.2. The molecule has 3 heteroatoms. The number of hydrogen-bond donors (Lipinski definition) is 1. The quantitative estimate of drug-likeness (QED) is 0.611. The Kier molecular flexibility index (Phi) is 9.35. The monoisotopic (exact) mass is 202 g/mol. The summed E-state index contributed by atoms with van der Waals surface area (Å²) in [6.45, 7) is 8.51. The van der Waals surface area contributed by atoms with Gasteiger partial charge in [-0.15, -0.1) is 0 Å². The predicted molar refractivity (Wildman–Crippen MR) is 61.7 cm³/mol. The summed E-state index contributed by atoms with van der Waals surface area (Å²) in [4.78, 5) is 2.49. The highest BCUT2D eigenvalue weighted by atomic mass is 16.5. The molecular weight excluding hydrogens is 176 g/mol. The average molecular weight is 202 g/mol. The number of ether oxygens (including phenoxy) is 1. The molecule has 1 unspecified atom stereocenters. The van der Waals surface area contributed by atoms with Crippen LogP contribution in [0.25, 0.3) is 0 Å². The van der Waals surface area contributed by atoms with E-state index in [1.54, 1.807) is 7.11 Å². The third-order valence-electron chi connectivity index (χ3n) is 2.57. The summed E-state index contributed by atoms with van der Waals surface area (Å²) >= 11 is 0. The highest BCUT2D eigenvalue weighted by molar-refractivity contribution is 4.72. The molecule has 0 saturated carbocycles. The van der Waals surface area contributed by atoms with E-state index in [0.29, 0.717) is 6.04 Å². The van der Waals surface area contributed by atoms with Gasteiger partial charge >= 0.3 is 0 Å². The van der Waals surface area contributed by atoms with Gasteiger partial charge in [-0.2, -0.15) is 0 Å². The fourth-order valence-electron chi connectivity index (χ4n) is 1.79. The second-order valence-electron chi connectivity index (χ2n) is 3.62. The first-order valence-corrected chi connectivity index (χ1v) is 5.67. The Balaban J connectivity index is 3.96. The summed E-state index contributed by atoms with van der Waals surface area (Å²) in [6.07, 6.45) is 2.51. The molecule has 0 fully saturated rings. The van der Waals surface area contributed by atoms with E-state index in [-0.39, 0.29) is 0 Å². The van der Waals surface area contributed by atoms with Crippen LogP contribution in [0.3, 0.4) is 0 Å². The molecule has 0 spiro atoms. The summed E-state index contributed by atoms with van der Waals surface area (Å²) in [7, 11) is 3.79. The summed E-state index contributed by atoms with van der Waals surface area (Å²) < 4.78 is 5.12. The smallest absolute Gasteiger partial charge is 0.0589 e. The molecule has 0 bridgehead atoms. The van der Waals surface area contributed by atoms with Crippen molar-refractivity contribution in [1.29, 1.82) is 0 Å². The number of methoxy groups -OCH3 is 1. The zero-order valence-electron chi connectivity index (χ0n) is 10.2. The third-order valence-corrected chi connectivity index (χ3v) is 2.57. The molecule has 1 atom stereocenters. The van der Waals surface area contributed by atoms with E-state index >= 15 is 0 Å². The molecule has 0 aromatic rings. The predicted octanol–water partition coefficient (Wildman–Crippen LogP) is 1.34. The highest BCUT2D eigenvalue weighted by Crippen LogP contribution is 2.05. The standard InChI is InChI=1S/C11H26N2O/c1-5-7-11(10-12-3)13(6-2)8-9-14-4/h11-12H,5-10H2,1-4H3. The summed E-state index contributed by atoms with van der Waals surface area (Å²) in [6, 6.07) is 0.658. The minimum absolute atomic E-state index is 0.658. The lowest BCUT2D eigenvalue weighted by atomic mass is 10.1. The first-order valence-electron chi connectivity index (χ1n) is 5.67. The van der Waals surface area contributed by atoms with Crippen molar-refractivity contribution < 1.29 is 4.74 Å². The van der Waals surface area contributed by atoms with Gasteiger partial charge < -0.3 is 10.1 Å². The molecule has 0 radical (unpaired) electrons. The number of nitrogens with one attached hydrogen (secondary N) is 1. The molecule has 0 aliphatic carbocycles. The Bertz CT molecular complexity index is 114. The molecule has 0 aromatic carbocycles. The van der Waals surface area contributed by atoms with Crippen molar-refractivity contribution in [2.45, 2.75) is 32.7 Å². The Morgan fingerprint density at radius 3 is 2.50 bits per heavy atom. The molecule has 0 saturated heterocycles. The van der Waals surface area contributed by atoms with E-state index in [4.69, 9.17) is 4.74 Å². The van der Waals surface area contributed by atoms with E-state index in [1.807, 2.05) is 7.05 Å². The molecule has 86 valence electrons. The van der Waals surface area contributed by atoms with E-state index in [2.05, 4.69) is 24.1 Å². The van der Waals surface area contributed by atoms with Crippen LogP contribution in [0.2, 0.25) is 0 Å². The minimum atomic E-state index is 0.658. The van der Waals surface area contributed by atoms with Crippen molar-refractivity contribution in [2.24, 2.45) is 0 Å². The normalized spacial score (nSPS) is 13.5. The van der Waals surface area contributed by atoms with Gasteiger partial charge in [-0.3, -0.25) is 4.90 Å². The molecule has 0 amide bonds. The van der Waals surface area contributed by atoms with Crippen LogP contribution in [0.1, 0.15) is 26.7 Å². The Labute approximate surface area is 88.8 Å². The largest absolute Gasteiger partial charge is 0.383 e. The third kappa shape index (κ3) is 5.58. The fraction of sp³-hybridized carbons (Fsp3) is 1.00. The van der Waals surface area contributed by atoms with Gasteiger partial charge in [0.1, 0.15) is 0 Å². The Morgan fingerprint density at radius 1 is 1.36 bits per heavy atom. The second kappa shape index (κ2) is 9.44. The number of hydrogen-bond acceptors (Lipinski definition) is 3. The highest BCUT2D eigenvalue weighted by Gasteiger charge is 2.14. The van der Waals surface area contributed by atoms with Crippen molar-refractivity contribution in [1.82, 2.24) is 10.2 Å². The van der Waals surface area contributed by atoms with Gasteiger partial charge in [-0.25, -0.2) is 0 Å². The first-order chi connectivity index (χ1) is 6.79. The van der Waals surface area contributed by atoms with E-state index in [0.717, 1.165) is 26.2 Å². The molecule has 14 heavy (non-hydrogen) atoms. The average Bonchev–Trinajstić information content (AvgIpc) is 2.19. The molecular formula is C11H26N2O. The lowest BCUT2D eigenvalue weighted by Gasteiger charge is -2.30. The number of rotatable bonds is 9. The van der Waals surface area contributed by atoms with Gasteiger partial charge in [0.05, 0.1) is 6.61 Å². The van der Waals surface area contributed by atoms with Crippen LogP contribution in [0.4, 0.5) is 0 Å². The van der Waals surface area contributed by atoms with Gasteiger partial charge in [-0.05, 0) is 20.0 Å². The van der Waals surface area contributed by atoms with Crippen molar-refractivity contribution in [2.75, 3.05) is 40.4 Å². The van der Waals surface area contributed by atoms with Gasteiger partial charge in [-0.1, -0.05) is 20.3 Å². The maximum Gasteiger partial charge on any atom is 0.0589 e. The topological polar surface area (TPSA) is 24.5 Å². The molecule has 0 heterocycles. The van der Waals surface area contributed by atoms with Gasteiger partial charge in [0.25, 0.3) is 0 Å². The lowest BCUT2D eigenvalue weighted by Crippen LogP contribution is -2.43. The minimum Gasteiger partial charge on any atom is -0.383 e. The zero-order chi connectivity index (χ0) is 10.8. The van der Waals surface area contributed by atoms with Gasteiger partial charge in [0.15, 0.2) is 0 Å². The van der Waals surface area contributed by atoms with Crippen molar-refractivity contribution in [3.05, 3.63) is 0 Å². The summed E-state index contributed by atoms with van der Waals surface area (Å²) in [5.41, 5.74) is 0. The summed E-state index contributed by atoms with van der Waals surface area (Å²) in [5, 5.41) is 3.26. The first kappa shape index (κ1) is 13.9. The SMILES string of the molecule is CCCC(CNC)N(CC)CCOC. The molecule has 3 nitrogen and oxygen atoms in total. The fourth-order valence-corrected chi connectivity index (χ4v) is 1.79. The Hall–Kier alpha value is -0.120. The van der Waals surface area contributed by atoms with E-state index in [9.17, 15) is 0 Å². The number of likely N-dealkylation sites (N-methyl/N-ethyl adjacent to an activating group) is 2. The van der Waals surface area contributed by atoms with Crippen LogP contribution in [0.5, 0.6) is 0 Å². The maximum atomic E-state index is 5.12. The Morgan fingerprint density at radius 2 is 2.07 bits per heavy atom. The van der Waals surface area contributed by atoms with Crippen LogP contribution in [0.15, 0.2) is 0 Å². The lowest BCUT2D eigenvalue weighted by molar-refractivity contribution is 0.119. The van der Waals surface area contributed by atoms with E-state index in [1.165, 1.54) is 12.8 Å². The molecule has 0 aromatic heterocycles. The maximum absolute atomic E-state index is 5.12. The molecule has 1 N–H and O–H groups in total. The molecule has 0 aliphatic rings. The summed E-state index contributed by atoms with van der Waals surface area (Å²) in [5.74, 6) is 0. The second-order valence-corrected chi connectivity index (χ2v) is 3.62. The van der Waals surface area contributed by atoms with Crippen molar-refractivity contribution in [3.8, 4) is 0 Å². The van der Waals surface area contributed by atoms with Crippen molar-refractivity contribution >= 4 is 0 Å². The van der Waals surface area contributed by atoms with Gasteiger partial charge in [0.2, 0.25) is 0 Å². The van der Waals surface area contributed by atoms with Crippen LogP contribution < -0.4 is 5.32 Å². The molecule has 0 aliphatic heterocycles. The van der Waals surface area contributed by atoms with Crippen LogP contribution in [-0.2, 0) is 4.74 Å². The van der Waals surface area contributed by atoms with Crippen LogP contribution >= 0.6 is 0 Å².